The lowest BCUT2D eigenvalue weighted by atomic mass is 10.0. The number of nitrogens with two attached hydrogens (primary N) is 1. The first-order chi connectivity index (χ1) is 21.9. The van der Waals surface area contributed by atoms with E-state index in [1.165, 1.54) is 7.11 Å². The number of carbonyl (C=O) groups excluding carboxylic acids is 2. The van der Waals surface area contributed by atoms with E-state index < -0.39 is 39.2 Å². The predicted octanol–water partition coefficient (Wildman–Crippen LogP) is 4.93. The summed E-state index contributed by atoms with van der Waals surface area (Å²) in [5.41, 5.74) is 5.62. The Morgan fingerprint density at radius 2 is 1.78 bits per heavy atom. The van der Waals surface area contributed by atoms with Crippen LogP contribution in [-0.4, -0.2) is 74.2 Å². The van der Waals surface area contributed by atoms with Crippen molar-refractivity contribution in [1.82, 2.24) is 14.8 Å². The molecule has 4 N–H and O–H groups in total. The van der Waals surface area contributed by atoms with Gasteiger partial charge in [0.25, 0.3) is 5.91 Å². The molecule has 0 unspecified atom stereocenters. The lowest BCUT2D eigenvalue weighted by Gasteiger charge is -2.38. The van der Waals surface area contributed by atoms with Crippen LogP contribution in [0.3, 0.4) is 0 Å². The van der Waals surface area contributed by atoms with Crippen LogP contribution >= 0.6 is 0 Å². The van der Waals surface area contributed by atoms with E-state index in [0.29, 0.717) is 68.3 Å². The molecule has 3 aromatic rings. The molecular formula is C31H38F2N6O6S. The number of nitrogens with zero attached hydrogens (tertiary/aromatic N) is 3. The van der Waals surface area contributed by atoms with Gasteiger partial charge in [0.05, 0.1) is 24.6 Å². The summed E-state index contributed by atoms with van der Waals surface area (Å²) >= 11 is 0. The zero-order valence-corrected chi connectivity index (χ0v) is 26.7. The van der Waals surface area contributed by atoms with Gasteiger partial charge < -0.3 is 25.4 Å². The van der Waals surface area contributed by atoms with E-state index >= 15 is 0 Å². The second-order valence-electron chi connectivity index (χ2n) is 11.0. The quantitative estimate of drug-likeness (QED) is 0.233. The van der Waals surface area contributed by atoms with Crippen LogP contribution in [0.5, 0.6) is 17.5 Å². The van der Waals surface area contributed by atoms with Gasteiger partial charge in [-0.25, -0.2) is 22.0 Å². The third-order valence-electron chi connectivity index (χ3n) is 7.46. The molecule has 15 heteroatoms. The van der Waals surface area contributed by atoms with Gasteiger partial charge >= 0.3 is 6.03 Å². The average molecular weight is 661 g/mol. The lowest BCUT2D eigenvalue weighted by molar-refractivity contribution is 0.0996. The van der Waals surface area contributed by atoms with Crippen molar-refractivity contribution in [2.75, 3.05) is 43.0 Å². The van der Waals surface area contributed by atoms with Gasteiger partial charge in [-0.15, -0.1) is 0 Å². The first kappa shape index (κ1) is 34.4. The molecule has 46 heavy (non-hydrogen) atoms. The van der Waals surface area contributed by atoms with Gasteiger partial charge in [0.2, 0.25) is 21.8 Å². The molecule has 2 aromatic carbocycles. The Morgan fingerprint density at radius 3 is 2.39 bits per heavy atom. The van der Waals surface area contributed by atoms with Crippen molar-refractivity contribution in [3.8, 4) is 17.5 Å². The van der Waals surface area contributed by atoms with Crippen LogP contribution in [0.15, 0.2) is 48.5 Å². The van der Waals surface area contributed by atoms with Gasteiger partial charge in [-0.1, -0.05) is 13.3 Å². The number of unbranched alkanes of at least 4 members (excludes halogenated alkanes) is 1. The van der Waals surface area contributed by atoms with E-state index in [4.69, 9.17) is 15.2 Å². The van der Waals surface area contributed by atoms with E-state index in [2.05, 4.69) is 19.9 Å². The minimum atomic E-state index is -3.39. The van der Waals surface area contributed by atoms with Crippen molar-refractivity contribution in [2.24, 2.45) is 5.73 Å². The molecule has 12 nitrogen and oxygen atoms in total. The number of halogens is 2. The normalized spacial score (nSPS) is 14.0. The largest absolute Gasteiger partial charge is 0.481 e. The van der Waals surface area contributed by atoms with Crippen LogP contribution in [0.1, 0.15) is 48.5 Å². The number of primary amides is 1. The number of hydrogen-bond donors (Lipinski definition) is 3. The van der Waals surface area contributed by atoms with Crippen molar-refractivity contribution in [3.05, 3.63) is 71.3 Å². The number of rotatable bonds is 13. The fourth-order valence-electron chi connectivity index (χ4n) is 5.16. The molecule has 2 heterocycles. The van der Waals surface area contributed by atoms with Crippen LogP contribution in [0.2, 0.25) is 0 Å². The van der Waals surface area contributed by atoms with Crippen molar-refractivity contribution in [2.45, 2.75) is 45.2 Å². The fraction of sp³-hybridized carbons (Fsp3) is 0.387. The monoisotopic (exact) mass is 660 g/mol. The minimum absolute atomic E-state index is 0.114. The highest BCUT2D eigenvalue weighted by atomic mass is 32.2. The van der Waals surface area contributed by atoms with Gasteiger partial charge in [-0.05, 0) is 55.7 Å². The Bertz CT molecular complexity index is 1650. The summed E-state index contributed by atoms with van der Waals surface area (Å²) in [6.07, 6.45) is 3.99. The maximum Gasteiger partial charge on any atom is 0.322 e. The molecular weight excluding hydrogens is 622 g/mol. The highest BCUT2D eigenvalue weighted by Gasteiger charge is 2.29. The summed E-state index contributed by atoms with van der Waals surface area (Å²) in [6, 6.07) is 10.8. The summed E-state index contributed by atoms with van der Waals surface area (Å²) in [4.78, 5) is 33.2. The molecule has 0 aliphatic carbocycles. The van der Waals surface area contributed by atoms with Gasteiger partial charge in [-0.3, -0.25) is 14.4 Å². The number of benzene rings is 2. The molecule has 1 saturated heterocycles. The highest BCUT2D eigenvalue weighted by molar-refractivity contribution is 7.92. The SMILES string of the molecule is CCCCN(C(=O)Nc1cc(C(N)=O)c(F)cc1F)C1CCN(Cc2ccc(Oc3ccc(NS(C)(=O)=O)cc3)nc2OC)CC1. The van der Waals surface area contributed by atoms with E-state index in [9.17, 15) is 26.8 Å². The number of amides is 3. The number of anilines is 2. The molecule has 1 aromatic heterocycles. The number of hydrogen-bond acceptors (Lipinski definition) is 8. The maximum absolute atomic E-state index is 14.5. The zero-order chi connectivity index (χ0) is 33.4. The summed E-state index contributed by atoms with van der Waals surface area (Å²) < 4.78 is 65.0. The zero-order valence-electron chi connectivity index (χ0n) is 25.9. The topological polar surface area (TPSA) is 156 Å². The number of piperidine rings is 1. The third-order valence-corrected chi connectivity index (χ3v) is 8.06. The fourth-order valence-corrected chi connectivity index (χ4v) is 5.73. The number of pyridine rings is 1. The average Bonchev–Trinajstić information content (AvgIpc) is 3.00. The van der Waals surface area contributed by atoms with E-state index in [-0.39, 0.29) is 11.7 Å². The Morgan fingerprint density at radius 1 is 1.09 bits per heavy atom. The second-order valence-corrected chi connectivity index (χ2v) is 12.7. The molecule has 0 bridgehead atoms. The predicted molar refractivity (Wildman–Crippen MR) is 170 cm³/mol. The number of likely N-dealkylation sites (tertiary alicyclic amines) is 1. The number of sulfonamides is 1. The van der Waals surface area contributed by atoms with E-state index in [0.717, 1.165) is 30.7 Å². The molecule has 0 radical (unpaired) electrons. The molecule has 248 valence electrons. The number of urea groups is 1. The maximum atomic E-state index is 14.5. The first-order valence-electron chi connectivity index (χ1n) is 14.7. The molecule has 0 atom stereocenters. The number of aromatic nitrogens is 1. The van der Waals surface area contributed by atoms with Gasteiger partial charge in [-0.2, -0.15) is 4.98 Å². The number of carbonyl (C=O) groups is 2. The van der Waals surface area contributed by atoms with Crippen molar-refractivity contribution < 1.29 is 36.3 Å². The number of nitrogens with one attached hydrogen (secondary N) is 2. The summed E-state index contributed by atoms with van der Waals surface area (Å²) in [5.74, 6) is -1.98. The molecule has 0 saturated carbocycles. The Kier molecular flexibility index (Phi) is 11.4. The molecule has 1 fully saturated rings. The highest BCUT2D eigenvalue weighted by Crippen LogP contribution is 2.28. The number of ether oxygens (including phenoxy) is 2. The Balaban J connectivity index is 1.37. The van der Waals surface area contributed by atoms with E-state index in [1.54, 1.807) is 35.2 Å². The molecule has 0 spiro atoms. The van der Waals surface area contributed by atoms with Crippen LogP contribution < -0.4 is 25.2 Å². The van der Waals surface area contributed by atoms with Gasteiger partial charge in [0, 0.05) is 55.6 Å². The molecule has 3 amide bonds. The Labute approximate surface area is 266 Å². The van der Waals surface area contributed by atoms with Crippen LogP contribution in [-0.2, 0) is 16.6 Å². The van der Waals surface area contributed by atoms with Gasteiger partial charge in [0.1, 0.15) is 17.4 Å². The minimum Gasteiger partial charge on any atom is -0.481 e. The number of methoxy groups -OCH3 is 1. The van der Waals surface area contributed by atoms with Crippen LogP contribution in [0, 0.1) is 11.6 Å². The third kappa shape index (κ3) is 9.26. The standard InChI is InChI=1S/C31H38F2N6O6S/c1-4-5-14-39(31(41)35-27-17-24(29(34)40)25(32)18-26(27)33)22-12-15-38(16-13-22)19-20-6-11-28(36-30(20)44-2)45-23-9-7-21(8-10-23)37-46(3,42)43/h6-11,17-18,22,37H,4-5,12-16,19H2,1-3H3,(H2,34,40)(H,35,41). The summed E-state index contributed by atoms with van der Waals surface area (Å²) in [6.45, 7) is 4.35. The summed E-state index contributed by atoms with van der Waals surface area (Å²) in [5, 5.41) is 2.50. The molecule has 4 rings (SSSR count). The van der Waals surface area contributed by atoms with Gasteiger partial charge in [0.15, 0.2) is 0 Å². The van der Waals surface area contributed by atoms with Crippen molar-refractivity contribution in [3.63, 3.8) is 0 Å². The van der Waals surface area contributed by atoms with E-state index in [1.807, 2.05) is 13.0 Å². The molecule has 1 aliphatic heterocycles. The van der Waals surface area contributed by atoms with Crippen molar-refractivity contribution in [1.29, 1.82) is 0 Å². The van der Waals surface area contributed by atoms with Crippen LogP contribution in [0.4, 0.5) is 25.0 Å². The first-order valence-corrected chi connectivity index (χ1v) is 16.6. The van der Waals surface area contributed by atoms with Crippen molar-refractivity contribution >= 4 is 33.3 Å². The van der Waals surface area contributed by atoms with Crippen LogP contribution in [0.25, 0.3) is 0 Å². The Hall–Kier alpha value is -4.50. The second kappa shape index (κ2) is 15.2. The smallest absolute Gasteiger partial charge is 0.322 e. The summed E-state index contributed by atoms with van der Waals surface area (Å²) in [7, 11) is -1.87. The molecule has 1 aliphatic rings. The lowest BCUT2D eigenvalue weighted by Crippen LogP contribution is -2.49.